The summed E-state index contributed by atoms with van der Waals surface area (Å²) in [7, 11) is -3.51. The van der Waals surface area contributed by atoms with Gasteiger partial charge in [-0.2, -0.15) is 4.31 Å². The second-order valence-electron chi connectivity index (χ2n) is 6.04. The number of sulfonamides is 1. The van der Waals surface area contributed by atoms with Crippen molar-refractivity contribution in [1.82, 2.24) is 4.31 Å². The van der Waals surface area contributed by atoms with Gasteiger partial charge in [0, 0.05) is 13.1 Å². The highest BCUT2D eigenvalue weighted by Gasteiger charge is 2.35. The molecule has 0 radical (unpaired) electrons. The summed E-state index contributed by atoms with van der Waals surface area (Å²) in [6.45, 7) is 1.19. The minimum absolute atomic E-state index is 0.102. The molecule has 2 aliphatic carbocycles. The lowest BCUT2D eigenvalue weighted by atomic mass is 10.2. The van der Waals surface area contributed by atoms with Crippen molar-refractivity contribution in [2.75, 3.05) is 13.1 Å². The zero-order valence-electron chi connectivity index (χ0n) is 11.7. The predicted octanol–water partition coefficient (Wildman–Crippen LogP) is 2.20. The van der Waals surface area contributed by atoms with Crippen molar-refractivity contribution in [3.8, 4) is 0 Å². The van der Waals surface area contributed by atoms with Crippen LogP contribution < -0.4 is 0 Å². The molecule has 5 nitrogen and oxygen atoms in total. The summed E-state index contributed by atoms with van der Waals surface area (Å²) >= 11 is 0. The lowest BCUT2D eigenvalue weighted by Gasteiger charge is -2.22. The van der Waals surface area contributed by atoms with Gasteiger partial charge in [-0.3, -0.25) is 0 Å². The minimum Gasteiger partial charge on any atom is -0.478 e. The molecule has 0 aliphatic heterocycles. The Kier molecular flexibility index (Phi) is 3.75. The van der Waals surface area contributed by atoms with Gasteiger partial charge >= 0.3 is 5.97 Å². The number of hydrogen-bond acceptors (Lipinski definition) is 3. The summed E-state index contributed by atoms with van der Waals surface area (Å²) in [6, 6.07) is 5.49. The molecular formula is C15H19NO4S. The fraction of sp³-hybridized carbons (Fsp3) is 0.533. The molecule has 0 heterocycles. The second-order valence-corrected chi connectivity index (χ2v) is 7.98. The maximum atomic E-state index is 12.7. The molecule has 0 spiro atoms. The molecule has 3 rings (SSSR count). The van der Waals surface area contributed by atoms with Crippen molar-refractivity contribution in [3.63, 3.8) is 0 Å². The molecule has 2 aliphatic rings. The largest absolute Gasteiger partial charge is 0.478 e. The summed E-state index contributed by atoms with van der Waals surface area (Å²) in [5, 5.41) is 8.88. The number of benzene rings is 1. The zero-order valence-corrected chi connectivity index (χ0v) is 12.6. The van der Waals surface area contributed by atoms with Gasteiger partial charge in [0.2, 0.25) is 10.0 Å². The smallest absolute Gasteiger partial charge is 0.335 e. The third kappa shape index (κ3) is 3.44. The number of carboxylic acid groups (broad SMARTS) is 1. The number of carboxylic acids is 1. The normalized spacial score (nSPS) is 18.9. The molecule has 1 N–H and O–H groups in total. The molecule has 6 heteroatoms. The van der Waals surface area contributed by atoms with E-state index in [1.165, 1.54) is 24.3 Å². The Hall–Kier alpha value is -1.40. The Balaban J connectivity index is 1.82. The average molecular weight is 309 g/mol. The van der Waals surface area contributed by atoms with Gasteiger partial charge in [-0.05, 0) is 61.8 Å². The highest BCUT2D eigenvalue weighted by atomic mass is 32.2. The van der Waals surface area contributed by atoms with E-state index < -0.39 is 16.0 Å². The van der Waals surface area contributed by atoms with Gasteiger partial charge in [-0.25, -0.2) is 13.2 Å². The fourth-order valence-corrected chi connectivity index (χ4v) is 3.96. The van der Waals surface area contributed by atoms with E-state index in [1.807, 2.05) is 0 Å². The number of aromatic carboxylic acids is 1. The number of hydrogen-bond donors (Lipinski definition) is 1. The van der Waals surface area contributed by atoms with E-state index in [0.29, 0.717) is 24.9 Å². The lowest BCUT2D eigenvalue weighted by Crippen LogP contribution is -2.34. The summed E-state index contributed by atoms with van der Waals surface area (Å²) < 4.78 is 27.0. The molecule has 2 fully saturated rings. The van der Waals surface area contributed by atoms with Crippen LogP contribution in [0, 0.1) is 11.8 Å². The molecule has 0 atom stereocenters. The quantitative estimate of drug-likeness (QED) is 0.838. The van der Waals surface area contributed by atoms with Gasteiger partial charge in [0.25, 0.3) is 0 Å². The van der Waals surface area contributed by atoms with Crippen LogP contribution in [0.1, 0.15) is 36.0 Å². The Labute approximate surface area is 124 Å². The molecular weight excluding hydrogens is 290 g/mol. The van der Waals surface area contributed by atoms with Crippen LogP contribution in [0.5, 0.6) is 0 Å². The lowest BCUT2D eigenvalue weighted by molar-refractivity contribution is 0.0696. The van der Waals surface area contributed by atoms with E-state index in [-0.39, 0.29) is 10.5 Å². The Morgan fingerprint density at radius 2 is 1.52 bits per heavy atom. The van der Waals surface area contributed by atoms with Crippen LogP contribution in [0.4, 0.5) is 0 Å². The van der Waals surface area contributed by atoms with E-state index in [1.54, 1.807) is 4.31 Å². The number of rotatable bonds is 7. The molecule has 0 amide bonds. The van der Waals surface area contributed by atoms with Gasteiger partial charge in [0.15, 0.2) is 0 Å². The molecule has 21 heavy (non-hydrogen) atoms. The van der Waals surface area contributed by atoms with Crippen LogP contribution in [0.25, 0.3) is 0 Å². The molecule has 114 valence electrons. The first-order chi connectivity index (χ1) is 9.96. The third-order valence-electron chi connectivity index (χ3n) is 4.06. The maximum absolute atomic E-state index is 12.7. The Bertz CT molecular complexity index is 616. The van der Waals surface area contributed by atoms with Crippen LogP contribution in [-0.4, -0.2) is 36.9 Å². The Morgan fingerprint density at radius 1 is 1.05 bits per heavy atom. The van der Waals surface area contributed by atoms with E-state index in [4.69, 9.17) is 5.11 Å². The monoisotopic (exact) mass is 309 g/mol. The van der Waals surface area contributed by atoms with Crippen LogP contribution in [0.15, 0.2) is 29.2 Å². The molecule has 1 aromatic rings. The fourth-order valence-electron chi connectivity index (χ4n) is 2.37. The molecule has 0 unspecified atom stereocenters. The molecule has 1 aromatic carbocycles. The zero-order chi connectivity index (χ0) is 15.0. The van der Waals surface area contributed by atoms with E-state index >= 15 is 0 Å². The first-order valence-corrected chi connectivity index (χ1v) is 8.74. The standard InChI is InChI=1S/C15H19NO4S/c17-15(18)13-5-7-14(8-6-13)21(19,20)16(9-11-1-2-11)10-12-3-4-12/h5-8,11-12H,1-4,9-10H2,(H,17,18). The first-order valence-electron chi connectivity index (χ1n) is 7.30. The van der Waals surface area contributed by atoms with Crippen molar-refractivity contribution >= 4 is 16.0 Å². The van der Waals surface area contributed by atoms with Crippen molar-refractivity contribution in [3.05, 3.63) is 29.8 Å². The van der Waals surface area contributed by atoms with Gasteiger partial charge < -0.3 is 5.11 Å². The Morgan fingerprint density at radius 3 is 1.90 bits per heavy atom. The topological polar surface area (TPSA) is 74.7 Å². The van der Waals surface area contributed by atoms with Gasteiger partial charge in [-0.15, -0.1) is 0 Å². The van der Waals surface area contributed by atoms with Crippen LogP contribution in [0.3, 0.4) is 0 Å². The maximum Gasteiger partial charge on any atom is 0.335 e. The van der Waals surface area contributed by atoms with E-state index in [9.17, 15) is 13.2 Å². The summed E-state index contributed by atoms with van der Waals surface area (Å²) in [5.74, 6) is -0.0552. The third-order valence-corrected chi connectivity index (χ3v) is 5.90. The molecule has 0 aromatic heterocycles. The van der Waals surface area contributed by atoms with Gasteiger partial charge in [0.1, 0.15) is 0 Å². The molecule has 0 bridgehead atoms. The predicted molar refractivity (Wildman–Crippen MR) is 77.6 cm³/mol. The SMILES string of the molecule is O=C(O)c1ccc(S(=O)(=O)N(CC2CC2)CC2CC2)cc1. The van der Waals surface area contributed by atoms with Crippen molar-refractivity contribution in [1.29, 1.82) is 0 Å². The van der Waals surface area contributed by atoms with E-state index in [2.05, 4.69) is 0 Å². The van der Waals surface area contributed by atoms with Crippen molar-refractivity contribution in [2.24, 2.45) is 11.8 Å². The van der Waals surface area contributed by atoms with Gasteiger partial charge in [-0.1, -0.05) is 0 Å². The summed E-state index contributed by atoms with van der Waals surface area (Å²) in [6.07, 6.45) is 4.42. The molecule has 2 saturated carbocycles. The van der Waals surface area contributed by atoms with E-state index in [0.717, 1.165) is 25.7 Å². The summed E-state index contributed by atoms with van der Waals surface area (Å²) in [5.41, 5.74) is 0.102. The van der Waals surface area contributed by atoms with Crippen molar-refractivity contribution in [2.45, 2.75) is 30.6 Å². The highest BCUT2D eigenvalue weighted by molar-refractivity contribution is 7.89. The second kappa shape index (κ2) is 5.42. The van der Waals surface area contributed by atoms with Crippen molar-refractivity contribution < 1.29 is 18.3 Å². The first kappa shape index (κ1) is 14.5. The minimum atomic E-state index is -3.51. The van der Waals surface area contributed by atoms with Crippen LogP contribution >= 0.6 is 0 Å². The van der Waals surface area contributed by atoms with Crippen LogP contribution in [-0.2, 0) is 10.0 Å². The van der Waals surface area contributed by atoms with Crippen LogP contribution in [0.2, 0.25) is 0 Å². The summed E-state index contributed by atoms with van der Waals surface area (Å²) in [4.78, 5) is 11.0. The average Bonchev–Trinajstić information content (AvgIpc) is 3.33. The number of carbonyl (C=O) groups is 1. The number of nitrogens with zero attached hydrogens (tertiary/aromatic N) is 1. The highest BCUT2D eigenvalue weighted by Crippen LogP contribution is 2.35. The van der Waals surface area contributed by atoms with Gasteiger partial charge in [0.05, 0.1) is 10.5 Å². The molecule has 0 saturated heterocycles.